The Bertz CT molecular complexity index is 507. The minimum atomic E-state index is -0.164. The third-order valence-corrected chi connectivity index (χ3v) is 4.84. The molecule has 2 N–H and O–H groups in total. The Morgan fingerprint density at radius 3 is 2.41 bits per heavy atom. The van der Waals surface area contributed by atoms with Crippen LogP contribution in [0.1, 0.15) is 37.7 Å². The molecule has 2 aliphatic rings. The van der Waals surface area contributed by atoms with Crippen molar-refractivity contribution in [2.24, 2.45) is 10.9 Å². The predicted molar refractivity (Wildman–Crippen MR) is 99.4 cm³/mol. The Morgan fingerprint density at radius 2 is 1.91 bits per heavy atom. The fourth-order valence-electron chi connectivity index (χ4n) is 3.01. The molecule has 0 aromatic heterocycles. The van der Waals surface area contributed by atoms with E-state index < -0.39 is 0 Å². The molecule has 5 heteroatoms. The molecule has 1 aromatic carbocycles. The molecule has 0 aliphatic heterocycles. The highest BCUT2D eigenvalue weighted by Gasteiger charge is 2.38. The monoisotopic (exact) mass is 417 g/mol. The molecular weight excluding hydrogens is 392 g/mol. The van der Waals surface area contributed by atoms with Gasteiger partial charge < -0.3 is 10.6 Å². The standard InChI is InChI=1S/C17H24FN3.HI/c1-19-16(20-11-13-3-4-13)21-12-17(9-2-10-17)14-5-7-15(18)8-6-14;/h5-8,13H,2-4,9-12H2,1H3,(H2,19,20,21);1H. The van der Waals surface area contributed by atoms with Crippen molar-refractivity contribution >= 4 is 29.9 Å². The fraction of sp³-hybridized carbons (Fsp3) is 0.588. The highest BCUT2D eigenvalue weighted by atomic mass is 127. The zero-order valence-corrected chi connectivity index (χ0v) is 15.4. The predicted octanol–water partition coefficient (Wildman–Crippen LogP) is 3.44. The second kappa shape index (κ2) is 7.62. The van der Waals surface area contributed by atoms with Crippen LogP contribution >= 0.6 is 24.0 Å². The topological polar surface area (TPSA) is 36.4 Å². The van der Waals surface area contributed by atoms with Gasteiger partial charge in [-0.05, 0) is 49.3 Å². The molecule has 0 unspecified atom stereocenters. The number of nitrogens with one attached hydrogen (secondary N) is 2. The van der Waals surface area contributed by atoms with Gasteiger partial charge in [-0.2, -0.15) is 0 Å². The lowest BCUT2D eigenvalue weighted by molar-refractivity contribution is 0.243. The maximum absolute atomic E-state index is 13.1. The molecule has 2 fully saturated rings. The van der Waals surface area contributed by atoms with Crippen molar-refractivity contribution in [2.45, 2.75) is 37.5 Å². The van der Waals surface area contributed by atoms with Crippen molar-refractivity contribution < 1.29 is 4.39 Å². The Hall–Kier alpha value is -0.850. The van der Waals surface area contributed by atoms with Gasteiger partial charge in [0.25, 0.3) is 0 Å². The maximum atomic E-state index is 13.1. The van der Waals surface area contributed by atoms with Crippen LogP contribution in [0.25, 0.3) is 0 Å². The number of halogens is 2. The second-order valence-electron chi connectivity index (χ2n) is 6.39. The van der Waals surface area contributed by atoms with Gasteiger partial charge in [-0.1, -0.05) is 18.6 Å². The summed E-state index contributed by atoms with van der Waals surface area (Å²) in [6, 6.07) is 6.98. The molecule has 0 heterocycles. The van der Waals surface area contributed by atoms with Crippen LogP contribution in [-0.4, -0.2) is 26.1 Å². The van der Waals surface area contributed by atoms with E-state index in [2.05, 4.69) is 15.6 Å². The average Bonchev–Trinajstić information content (AvgIpc) is 3.26. The molecule has 0 bridgehead atoms. The van der Waals surface area contributed by atoms with Gasteiger partial charge in [0.1, 0.15) is 5.82 Å². The molecule has 0 radical (unpaired) electrons. The summed E-state index contributed by atoms with van der Waals surface area (Å²) in [5.41, 5.74) is 1.38. The lowest BCUT2D eigenvalue weighted by Gasteiger charge is -2.43. The maximum Gasteiger partial charge on any atom is 0.191 e. The van der Waals surface area contributed by atoms with E-state index in [9.17, 15) is 4.39 Å². The van der Waals surface area contributed by atoms with Crippen molar-refractivity contribution in [1.82, 2.24) is 10.6 Å². The van der Waals surface area contributed by atoms with E-state index in [-0.39, 0.29) is 35.2 Å². The number of guanidine groups is 1. The SMILES string of the molecule is CN=C(NCC1CC1)NCC1(c2ccc(F)cc2)CCC1.I. The van der Waals surface area contributed by atoms with E-state index in [4.69, 9.17) is 0 Å². The summed E-state index contributed by atoms with van der Waals surface area (Å²) in [5.74, 6) is 1.55. The lowest BCUT2D eigenvalue weighted by atomic mass is 9.64. The second-order valence-corrected chi connectivity index (χ2v) is 6.39. The van der Waals surface area contributed by atoms with E-state index in [1.54, 1.807) is 12.1 Å². The number of benzene rings is 1. The minimum Gasteiger partial charge on any atom is -0.356 e. The Morgan fingerprint density at radius 1 is 1.23 bits per heavy atom. The van der Waals surface area contributed by atoms with Gasteiger partial charge in [-0.15, -0.1) is 24.0 Å². The summed E-state index contributed by atoms with van der Waals surface area (Å²) in [5, 5.41) is 6.85. The third kappa shape index (κ3) is 4.12. The molecule has 22 heavy (non-hydrogen) atoms. The molecule has 0 amide bonds. The largest absolute Gasteiger partial charge is 0.356 e. The molecule has 2 saturated carbocycles. The first-order valence-corrected chi connectivity index (χ1v) is 7.92. The molecule has 0 saturated heterocycles. The molecule has 1 aromatic rings. The van der Waals surface area contributed by atoms with E-state index in [1.165, 1.54) is 24.8 Å². The van der Waals surface area contributed by atoms with Crippen LogP contribution in [0.5, 0.6) is 0 Å². The van der Waals surface area contributed by atoms with Crippen molar-refractivity contribution in [3.63, 3.8) is 0 Å². The van der Waals surface area contributed by atoms with Crippen LogP contribution in [0.15, 0.2) is 29.3 Å². The molecular formula is C17H25FIN3. The quantitative estimate of drug-likeness (QED) is 0.438. The van der Waals surface area contributed by atoms with Crippen molar-refractivity contribution in [3.8, 4) is 0 Å². The van der Waals surface area contributed by atoms with Crippen molar-refractivity contribution in [3.05, 3.63) is 35.6 Å². The van der Waals surface area contributed by atoms with Crippen LogP contribution in [0, 0.1) is 11.7 Å². The molecule has 2 aliphatic carbocycles. The number of hydrogen-bond acceptors (Lipinski definition) is 1. The Balaban J connectivity index is 0.00000176. The van der Waals surface area contributed by atoms with Crippen LogP contribution in [0.2, 0.25) is 0 Å². The summed E-state index contributed by atoms with van der Waals surface area (Å²) in [4.78, 5) is 4.29. The van der Waals surface area contributed by atoms with Crippen molar-refractivity contribution in [1.29, 1.82) is 0 Å². The minimum absolute atomic E-state index is 0. The number of aliphatic imine (C=N–C) groups is 1. The molecule has 3 rings (SSSR count). The fourth-order valence-corrected chi connectivity index (χ4v) is 3.01. The van der Waals surface area contributed by atoms with Gasteiger partial charge in [-0.3, -0.25) is 4.99 Å². The van der Waals surface area contributed by atoms with Gasteiger partial charge in [0.15, 0.2) is 5.96 Å². The third-order valence-electron chi connectivity index (χ3n) is 4.84. The Kier molecular flexibility index (Phi) is 6.06. The highest BCUT2D eigenvalue weighted by Crippen LogP contribution is 2.43. The first kappa shape index (κ1) is 17.5. The first-order chi connectivity index (χ1) is 10.2. The van der Waals surface area contributed by atoms with Crippen LogP contribution in [-0.2, 0) is 5.41 Å². The van der Waals surface area contributed by atoms with Gasteiger partial charge >= 0.3 is 0 Å². The van der Waals surface area contributed by atoms with Gasteiger partial charge in [0, 0.05) is 25.6 Å². The molecule has 3 nitrogen and oxygen atoms in total. The van der Waals surface area contributed by atoms with E-state index in [0.717, 1.165) is 37.8 Å². The lowest BCUT2D eigenvalue weighted by Crippen LogP contribution is -2.49. The summed E-state index contributed by atoms with van der Waals surface area (Å²) in [6.45, 7) is 1.88. The number of hydrogen-bond donors (Lipinski definition) is 2. The summed E-state index contributed by atoms with van der Waals surface area (Å²) >= 11 is 0. The van der Waals surface area contributed by atoms with Gasteiger partial charge in [-0.25, -0.2) is 4.39 Å². The smallest absolute Gasteiger partial charge is 0.191 e. The highest BCUT2D eigenvalue weighted by molar-refractivity contribution is 14.0. The Labute approximate surface area is 149 Å². The van der Waals surface area contributed by atoms with Gasteiger partial charge in [0.05, 0.1) is 0 Å². The average molecular weight is 417 g/mol. The normalized spacial score (nSPS) is 19.8. The summed E-state index contributed by atoms with van der Waals surface area (Å²) < 4.78 is 13.1. The van der Waals surface area contributed by atoms with Crippen LogP contribution in [0.3, 0.4) is 0 Å². The summed E-state index contributed by atoms with van der Waals surface area (Å²) in [6.07, 6.45) is 6.23. The molecule has 122 valence electrons. The zero-order chi connectivity index (χ0) is 14.7. The van der Waals surface area contributed by atoms with Crippen LogP contribution < -0.4 is 10.6 Å². The molecule has 0 spiro atoms. The summed E-state index contributed by atoms with van der Waals surface area (Å²) in [7, 11) is 1.81. The zero-order valence-electron chi connectivity index (χ0n) is 13.1. The van der Waals surface area contributed by atoms with Crippen molar-refractivity contribution in [2.75, 3.05) is 20.1 Å². The number of rotatable bonds is 5. The van der Waals surface area contributed by atoms with E-state index >= 15 is 0 Å². The van der Waals surface area contributed by atoms with E-state index in [1.807, 2.05) is 19.2 Å². The first-order valence-electron chi connectivity index (χ1n) is 7.92. The van der Waals surface area contributed by atoms with Crippen LogP contribution in [0.4, 0.5) is 4.39 Å². The number of nitrogens with zero attached hydrogens (tertiary/aromatic N) is 1. The molecule has 0 atom stereocenters. The van der Waals surface area contributed by atoms with E-state index in [0.29, 0.717) is 0 Å². The van der Waals surface area contributed by atoms with Gasteiger partial charge in [0.2, 0.25) is 0 Å².